The van der Waals surface area contributed by atoms with Crippen LogP contribution in [0.4, 0.5) is 18.0 Å². The quantitative estimate of drug-likeness (QED) is 0.739. The zero-order valence-corrected chi connectivity index (χ0v) is 17.1. The monoisotopic (exact) mass is 416 g/mol. The summed E-state index contributed by atoms with van der Waals surface area (Å²) in [5.41, 5.74) is 0.0717. The van der Waals surface area contributed by atoms with Gasteiger partial charge >= 0.3 is 12.5 Å². The lowest BCUT2D eigenvalue weighted by Gasteiger charge is -2.35. The standard InChI is InChI=1S/C20H27F3N2O4/c1-19(2,3)29-18(27)25-11-5-6-15(13-25)17(26)24(4)12-14-7-9-16(10-8-14)28-20(21,22)23/h7-10,15H,5-6,11-13H2,1-4H3. The minimum Gasteiger partial charge on any atom is -0.444 e. The van der Waals surface area contributed by atoms with Gasteiger partial charge in [0, 0.05) is 26.7 Å². The molecule has 0 spiro atoms. The highest BCUT2D eigenvalue weighted by Gasteiger charge is 2.33. The van der Waals surface area contributed by atoms with Crippen LogP contribution < -0.4 is 4.74 Å². The van der Waals surface area contributed by atoms with Crippen molar-refractivity contribution in [3.63, 3.8) is 0 Å². The Labute approximate surface area is 168 Å². The zero-order valence-electron chi connectivity index (χ0n) is 17.1. The normalized spacial score (nSPS) is 17.6. The fourth-order valence-corrected chi connectivity index (χ4v) is 3.13. The second kappa shape index (κ2) is 8.92. The van der Waals surface area contributed by atoms with E-state index in [0.29, 0.717) is 24.9 Å². The molecule has 1 aliphatic rings. The average Bonchev–Trinajstić information content (AvgIpc) is 2.60. The van der Waals surface area contributed by atoms with Crippen LogP contribution in [0.2, 0.25) is 0 Å². The van der Waals surface area contributed by atoms with E-state index in [9.17, 15) is 22.8 Å². The van der Waals surface area contributed by atoms with Crippen LogP contribution in [0, 0.1) is 5.92 Å². The van der Waals surface area contributed by atoms with E-state index < -0.39 is 18.1 Å². The Morgan fingerprint density at radius 2 is 1.79 bits per heavy atom. The van der Waals surface area contributed by atoms with Crippen molar-refractivity contribution in [2.45, 2.75) is 52.1 Å². The van der Waals surface area contributed by atoms with Crippen molar-refractivity contribution in [1.29, 1.82) is 0 Å². The molecule has 6 nitrogen and oxygen atoms in total. The van der Waals surface area contributed by atoms with Gasteiger partial charge in [0.15, 0.2) is 0 Å². The Hall–Kier alpha value is -2.45. The first-order valence-corrected chi connectivity index (χ1v) is 9.41. The molecule has 1 unspecified atom stereocenters. The molecule has 1 aromatic rings. The topological polar surface area (TPSA) is 59.1 Å². The number of alkyl halides is 3. The maximum Gasteiger partial charge on any atom is 0.573 e. The molecule has 1 aliphatic heterocycles. The summed E-state index contributed by atoms with van der Waals surface area (Å²) in [5, 5.41) is 0. The molecule has 29 heavy (non-hydrogen) atoms. The molecule has 1 fully saturated rings. The number of benzene rings is 1. The fraction of sp³-hybridized carbons (Fsp3) is 0.600. The lowest BCUT2D eigenvalue weighted by molar-refractivity contribution is -0.274. The van der Waals surface area contributed by atoms with Crippen molar-refractivity contribution in [2.75, 3.05) is 20.1 Å². The van der Waals surface area contributed by atoms with Crippen molar-refractivity contribution >= 4 is 12.0 Å². The lowest BCUT2D eigenvalue weighted by atomic mass is 9.96. The zero-order chi connectivity index (χ0) is 21.8. The summed E-state index contributed by atoms with van der Waals surface area (Å²) in [6.45, 7) is 6.44. The second-order valence-corrected chi connectivity index (χ2v) is 8.15. The van der Waals surface area contributed by atoms with Crippen molar-refractivity contribution in [2.24, 2.45) is 5.92 Å². The molecule has 0 aliphatic carbocycles. The Balaban J connectivity index is 1.93. The number of piperidine rings is 1. The van der Waals surface area contributed by atoms with Gasteiger partial charge in [0.25, 0.3) is 0 Å². The van der Waals surface area contributed by atoms with Crippen LogP contribution in [-0.2, 0) is 16.1 Å². The molecule has 1 heterocycles. The summed E-state index contributed by atoms with van der Waals surface area (Å²) >= 11 is 0. The Kier molecular flexibility index (Phi) is 7.02. The molecule has 162 valence electrons. The van der Waals surface area contributed by atoms with E-state index in [4.69, 9.17) is 4.74 Å². The SMILES string of the molecule is CN(Cc1ccc(OC(F)(F)F)cc1)C(=O)C1CCCN(C(=O)OC(C)(C)C)C1. The number of carbonyl (C=O) groups is 2. The van der Waals surface area contributed by atoms with Crippen LogP contribution in [0.5, 0.6) is 5.75 Å². The van der Waals surface area contributed by atoms with E-state index in [1.54, 1.807) is 32.7 Å². The number of carbonyl (C=O) groups excluding carboxylic acids is 2. The average molecular weight is 416 g/mol. The summed E-state index contributed by atoms with van der Waals surface area (Å²) in [7, 11) is 1.63. The predicted molar refractivity (Wildman–Crippen MR) is 100 cm³/mol. The van der Waals surface area contributed by atoms with Crippen LogP contribution in [-0.4, -0.2) is 53.9 Å². The van der Waals surface area contributed by atoms with Gasteiger partial charge < -0.3 is 19.3 Å². The van der Waals surface area contributed by atoms with Gasteiger partial charge in [0.05, 0.1) is 5.92 Å². The third-order valence-electron chi connectivity index (χ3n) is 4.38. The van der Waals surface area contributed by atoms with Crippen molar-refractivity contribution in [3.8, 4) is 5.75 Å². The summed E-state index contributed by atoms with van der Waals surface area (Å²) in [6, 6.07) is 5.40. The highest BCUT2D eigenvalue weighted by Crippen LogP contribution is 2.24. The van der Waals surface area contributed by atoms with Crippen LogP contribution in [0.25, 0.3) is 0 Å². The maximum atomic E-state index is 12.8. The molecule has 0 bridgehead atoms. The Bertz CT molecular complexity index is 714. The van der Waals surface area contributed by atoms with E-state index in [0.717, 1.165) is 0 Å². The van der Waals surface area contributed by atoms with Gasteiger partial charge in [-0.3, -0.25) is 4.79 Å². The number of nitrogens with zero attached hydrogens (tertiary/aromatic N) is 2. The number of halogens is 3. The van der Waals surface area contributed by atoms with Crippen molar-refractivity contribution < 1.29 is 32.2 Å². The number of likely N-dealkylation sites (tertiary alicyclic amines) is 1. The summed E-state index contributed by atoms with van der Waals surface area (Å²) in [5.74, 6) is -0.765. The Morgan fingerprint density at radius 3 is 2.34 bits per heavy atom. The number of rotatable bonds is 4. The molecular formula is C20H27F3N2O4. The van der Waals surface area contributed by atoms with E-state index in [1.807, 2.05) is 0 Å². The van der Waals surface area contributed by atoms with Gasteiger partial charge in [-0.2, -0.15) is 0 Å². The van der Waals surface area contributed by atoms with Gasteiger partial charge in [-0.25, -0.2) is 4.79 Å². The van der Waals surface area contributed by atoms with Gasteiger partial charge in [-0.05, 0) is 51.3 Å². The molecule has 1 aromatic carbocycles. The first kappa shape index (κ1) is 22.8. The van der Waals surface area contributed by atoms with Gasteiger partial charge in [-0.1, -0.05) is 12.1 Å². The number of hydrogen-bond acceptors (Lipinski definition) is 4. The molecule has 1 atom stereocenters. The summed E-state index contributed by atoms with van der Waals surface area (Å²) in [4.78, 5) is 28.1. The second-order valence-electron chi connectivity index (χ2n) is 8.15. The first-order valence-electron chi connectivity index (χ1n) is 9.41. The maximum absolute atomic E-state index is 12.8. The molecule has 0 aromatic heterocycles. The number of amides is 2. The highest BCUT2D eigenvalue weighted by atomic mass is 19.4. The third-order valence-corrected chi connectivity index (χ3v) is 4.38. The number of hydrogen-bond donors (Lipinski definition) is 0. The largest absolute Gasteiger partial charge is 0.573 e. The summed E-state index contributed by atoms with van der Waals surface area (Å²) in [6.07, 6.45) is -3.80. The minimum atomic E-state index is -4.74. The van der Waals surface area contributed by atoms with Crippen LogP contribution in [0.1, 0.15) is 39.2 Å². The fourth-order valence-electron chi connectivity index (χ4n) is 3.13. The number of ether oxygens (including phenoxy) is 2. The van der Waals surface area contributed by atoms with E-state index in [2.05, 4.69) is 4.74 Å². The molecule has 2 rings (SSSR count). The molecule has 0 saturated carbocycles. The van der Waals surface area contributed by atoms with Crippen molar-refractivity contribution in [3.05, 3.63) is 29.8 Å². The molecule has 0 radical (unpaired) electrons. The van der Waals surface area contributed by atoms with Gasteiger partial charge in [-0.15, -0.1) is 13.2 Å². The van der Waals surface area contributed by atoms with Crippen LogP contribution >= 0.6 is 0 Å². The first-order chi connectivity index (χ1) is 13.3. The van der Waals surface area contributed by atoms with Gasteiger partial charge in [0.2, 0.25) is 5.91 Å². The lowest BCUT2D eigenvalue weighted by Crippen LogP contribution is -2.47. The minimum absolute atomic E-state index is 0.117. The molecule has 9 heteroatoms. The van der Waals surface area contributed by atoms with E-state index in [-0.39, 0.29) is 30.7 Å². The molecule has 0 N–H and O–H groups in total. The van der Waals surface area contributed by atoms with Crippen LogP contribution in [0.15, 0.2) is 24.3 Å². The molecule has 1 saturated heterocycles. The van der Waals surface area contributed by atoms with Gasteiger partial charge in [0.1, 0.15) is 11.4 Å². The van der Waals surface area contributed by atoms with Crippen molar-refractivity contribution in [1.82, 2.24) is 9.80 Å². The Morgan fingerprint density at radius 1 is 1.17 bits per heavy atom. The third kappa shape index (κ3) is 7.47. The highest BCUT2D eigenvalue weighted by molar-refractivity contribution is 5.80. The van der Waals surface area contributed by atoms with E-state index in [1.165, 1.54) is 29.2 Å². The van der Waals surface area contributed by atoms with E-state index >= 15 is 0 Å². The molecule has 2 amide bonds. The predicted octanol–water partition coefficient (Wildman–Crippen LogP) is 4.19. The smallest absolute Gasteiger partial charge is 0.444 e. The van der Waals surface area contributed by atoms with Crippen LogP contribution in [0.3, 0.4) is 0 Å². The summed E-state index contributed by atoms with van der Waals surface area (Å²) < 4.78 is 45.9. The molecular weight excluding hydrogens is 389 g/mol.